The molecule has 0 N–H and O–H groups in total. The molecule has 0 aliphatic carbocycles. The highest BCUT2D eigenvalue weighted by Crippen LogP contribution is 2.30. The van der Waals surface area contributed by atoms with Crippen LogP contribution in [-0.4, -0.2) is 62.8 Å². The lowest BCUT2D eigenvalue weighted by atomic mass is 10.0. The number of anilines is 1. The number of rotatable bonds is 4. The second-order valence-corrected chi connectivity index (χ2v) is 11.6. The monoisotopic (exact) mass is 489 g/mol. The van der Waals surface area contributed by atoms with Gasteiger partial charge in [-0.25, -0.2) is 8.42 Å². The van der Waals surface area contributed by atoms with Crippen LogP contribution in [0.4, 0.5) is 5.69 Å². The van der Waals surface area contributed by atoms with Crippen LogP contribution in [0.5, 0.6) is 0 Å². The predicted molar refractivity (Wildman–Crippen MR) is 133 cm³/mol. The molecule has 0 saturated carbocycles. The van der Waals surface area contributed by atoms with E-state index in [1.807, 2.05) is 0 Å². The van der Waals surface area contributed by atoms with E-state index in [1.165, 1.54) is 33.3 Å². The first-order chi connectivity index (χ1) is 15.7. The number of nitrogens with zero attached hydrogens (tertiary/aromatic N) is 3. The van der Waals surface area contributed by atoms with Gasteiger partial charge in [-0.3, -0.25) is 4.79 Å². The molecule has 0 bridgehead atoms. The first-order valence-electron chi connectivity index (χ1n) is 11.6. The number of halogens is 1. The van der Waals surface area contributed by atoms with Gasteiger partial charge in [0.15, 0.2) is 0 Å². The lowest BCUT2D eigenvalue weighted by Gasteiger charge is -2.37. The van der Waals surface area contributed by atoms with E-state index in [4.69, 9.17) is 11.6 Å². The normalized spacial score (nSPS) is 20.2. The van der Waals surface area contributed by atoms with Crippen molar-refractivity contribution in [2.75, 3.05) is 44.2 Å². The summed E-state index contributed by atoms with van der Waals surface area (Å²) < 4.78 is 28.0. The minimum absolute atomic E-state index is 0.0261. The van der Waals surface area contributed by atoms with E-state index < -0.39 is 10.0 Å². The fourth-order valence-electron chi connectivity index (χ4n) is 4.75. The van der Waals surface area contributed by atoms with Gasteiger partial charge in [0.2, 0.25) is 10.0 Å². The average molecular weight is 490 g/mol. The van der Waals surface area contributed by atoms with Crippen molar-refractivity contribution in [3.05, 3.63) is 58.1 Å². The molecule has 2 saturated heterocycles. The van der Waals surface area contributed by atoms with Crippen LogP contribution in [0, 0.1) is 19.8 Å². The standard InChI is InChI=1S/C25H32ClN3O3S/c1-18-6-5-11-29(17-18)33(31,32)24-16-21(9-10-22(24)26)25(30)28-14-12-27(13-15-28)23-8-4-7-19(2)20(23)3/h4,7-10,16,18H,5-6,11-15,17H2,1-3H3. The Balaban J connectivity index is 1.50. The summed E-state index contributed by atoms with van der Waals surface area (Å²) in [5.41, 5.74) is 4.09. The Hall–Kier alpha value is -2.09. The molecular weight excluding hydrogens is 458 g/mol. The van der Waals surface area contributed by atoms with Crippen LogP contribution in [0.3, 0.4) is 0 Å². The maximum absolute atomic E-state index is 13.3. The zero-order chi connectivity index (χ0) is 23.8. The molecule has 33 heavy (non-hydrogen) atoms. The summed E-state index contributed by atoms with van der Waals surface area (Å²) in [5, 5.41) is 0.157. The van der Waals surface area contributed by atoms with Crippen LogP contribution < -0.4 is 4.90 Å². The van der Waals surface area contributed by atoms with E-state index in [1.54, 1.807) is 11.0 Å². The van der Waals surface area contributed by atoms with Crippen molar-refractivity contribution in [3.63, 3.8) is 0 Å². The van der Waals surface area contributed by atoms with E-state index in [9.17, 15) is 13.2 Å². The number of carbonyl (C=O) groups is 1. The maximum atomic E-state index is 13.3. The molecule has 8 heteroatoms. The topological polar surface area (TPSA) is 60.9 Å². The molecule has 178 valence electrons. The van der Waals surface area contributed by atoms with E-state index >= 15 is 0 Å². The molecule has 4 rings (SSSR count). The second-order valence-electron chi connectivity index (χ2n) is 9.25. The summed E-state index contributed by atoms with van der Waals surface area (Å²) in [6, 6.07) is 10.9. The summed E-state index contributed by atoms with van der Waals surface area (Å²) >= 11 is 6.30. The number of benzene rings is 2. The smallest absolute Gasteiger partial charge is 0.254 e. The van der Waals surface area contributed by atoms with Crippen LogP contribution in [0.1, 0.15) is 41.3 Å². The number of piperazine rings is 1. The lowest BCUT2D eigenvalue weighted by molar-refractivity contribution is 0.0746. The number of sulfonamides is 1. The van der Waals surface area contributed by atoms with Gasteiger partial charge < -0.3 is 9.80 Å². The third-order valence-electron chi connectivity index (χ3n) is 6.90. The maximum Gasteiger partial charge on any atom is 0.254 e. The van der Waals surface area contributed by atoms with Crippen LogP contribution in [0.2, 0.25) is 5.02 Å². The molecule has 1 atom stereocenters. The largest absolute Gasteiger partial charge is 0.368 e. The number of piperidine rings is 1. The molecule has 6 nitrogen and oxygen atoms in total. The van der Waals surface area contributed by atoms with Gasteiger partial charge in [-0.15, -0.1) is 0 Å². The summed E-state index contributed by atoms with van der Waals surface area (Å²) in [6.07, 6.45) is 1.85. The van der Waals surface area contributed by atoms with Crippen LogP contribution in [0.15, 0.2) is 41.3 Å². The van der Waals surface area contributed by atoms with Crippen molar-refractivity contribution in [2.45, 2.75) is 38.5 Å². The van der Waals surface area contributed by atoms with E-state index in [-0.39, 0.29) is 15.8 Å². The van der Waals surface area contributed by atoms with Gasteiger partial charge in [-0.1, -0.05) is 30.7 Å². The molecule has 2 fully saturated rings. The Morgan fingerprint density at radius 2 is 1.76 bits per heavy atom. The molecule has 2 aromatic rings. The van der Waals surface area contributed by atoms with Crippen molar-refractivity contribution in [1.29, 1.82) is 0 Å². The number of hydrogen-bond donors (Lipinski definition) is 0. The van der Waals surface area contributed by atoms with E-state index in [2.05, 4.69) is 43.9 Å². The van der Waals surface area contributed by atoms with Crippen molar-refractivity contribution in [2.24, 2.45) is 5.92 Å². The highest BCUT2D eigenvalue weighted by molar-refractivity contribution is 7.89. The third kappa shape index (κ3) is 4.91. The fourth-order valence-corrected chi connectivity index (χ4v) is 6.85. The van der Waals surface area contributed by atoms with Gasteiger partial charge in [-0.05, 0) is 68.0 Å². The molecule has 2 aliphatic rings. The molecule has 0 aromatic heterocycles. The minimum Gasteiger partial charge on any atom is -0.368 e. The van der Waals surface area contributed by atoms with Gasteiger partial charge in [-0.2, -0.15) is 4.31 Å². The predicted octanol–water partition coefficient (Wildman–Crippen LogP) is 4.34. The third-order valence-corrected chi connectivity index (χ3v) is 9.25. The van der Waals surface area contributed by atoms with Crippen LogP contribution in [0.25, 0.3) is 0 Å². The van der Waals surface area contributed by atoms with Crippen molar-refractivity contribution in [1.82, 2.24) is 9.21 Å². The number of amides is 1. The molecule has 1 amide bonds. The molecule has 0 radical (unpaired) electrons. The van der Waals surface area contributed by atoms with Crippen LogP contribution >= 0.6 is 11.6 Å². The minimum atomic E-state index is -3.74. The molecule has 2 aromatic carbocycles. The summed E-state index contributed by atoms with van der Waals surface area (Å²) in [6.45, 7) is 9.90. The highest BCUT2D eigenvalue weighted by atomic mass is 35.5. The second kappa shape index (κ2) is 9.65. The number of hydrogen-bond acceptors (Lipinski definition) is 4. The highest BCUT2D eigenvalue weighted by Gasteiger charge is 2.32. The molecule has 0 spiro atoms. The molecular formula is C25H32ClN3O3S. The first kappa shape index (κ1) is 24.0. The fraction of sp³-hybridized carbons (Fsp3) is 0.480. The van der Waals surface area contributed by atoms with Gasteiger partial charge >= 0.3 is 0 Å². The van der Waals surface area contributed by atoms with Gasteiger partial charge in [0.1, 0.15) is 4.90 Å². The van der Waals surface area contributed by atoms with Gasteiger partial charge in [0, 0.05) is 50.5 Å². The average Bonchev–Trinajstić information content (AvgIpc) is 2.81. The van der Waals surface area contributed by atoms with Crippen molar-refractivity contribution in [3.8, 4) is 0 Å². The first-order valence-corrected chi connectivity index (χ1v) is 13.4. The lowest BCUT2D eigenvalue weighted by Crippen LogP contribution is -2.49. The quantitative estimate of drug-likeness (QED) is 0.641. The Bertz CT molecular complexity index is 1140. The zero-order valence-corrected chi connectivity index (χ0v) is 21.1. The van der Waals surface area contributed by atoms with Gasteiger partial charge in [0.05, 0.1) is 5.02 Å². The Morgan fingerprint density at radius 1 is 1.03 bits per heavy atom. The van der Waals surface area contributed by atoms with Crippen molar-refractivity contribution >= 4 is 33.2 Å². The summed E-state index contributed by atoms with van der Waals surface area (Å²) in [7, 11) is -3.74. The molecule has 1 unspecified atom stereocenters. The van der Waals surface area contributed by atoms with E-state index in [0.717, 1.165) is 25.9 Å². The number of carbonyl (C=O) groups excluding carboxylic acids is 1. The van der Waals surface area contributed by atoms with Gasteiger partial charge in [0.25, 0.3) is 5.91 Å². The molecule has 2 heterocycles. The SMILES string of the molecule is Cc1cccc(N2CCN(C(=O)c3ccc(Cl)c(S(=O)(=O)N4CCCC(C)C4)c3)CC2)c1C. The van der Waals surface area contributed by atoms with Crippen molar-refractivity contribution < 1.29 is 13.2 Å². The summed E-state index contributed by atoms with van der Waals surface area (Å²) in [5.74, 6) is 0.154. The molecule has 2 aliphatic heterocycles. The zero-order valence-electron chi connectivity index (χ0n) is 19.6. The summed E-state index contributed by atoms with van der Waals surface area (Å²) in [4.78, 5) is 17.4. The Morgan fingerprint density at radius 3 is 2.45 bits per heavy atom. The van der Waals surface area contributed by atoms with E-state index in [0.29, 0.717) is 37.7 Å². The Kier molecular flexibility index (Phi) is 7.03. The van der Waals surface area contributed by atoms with Crippen LogP contribution in [-0.2, 0) is 10.0 Å². The number of aryl methyl sites for hydroxylation is 1. The Labute approximate surface area is 202 Å².